The zero-order valence-electron chi connectivity index (χ0n) is 9.31. The van der Waals surface area contributed by atoms with Crippen molar-refractivity contribution in [2.45, 2.75) is 9.79 Å². The molecule has 0 atom stereocenters. The molecule has 17 heavy (non-hydrogen) atoms. The second kappa shape index (κ2) is 5.34. The van der Waals surface area contributed by atoms with E-state index in [1.165, 1.54) is 0 Å². The van der Waals surface area contributed by atoms with Crippen molar-refractivity contribution < 1.29 is 4.74 Å². The molecule has 0 aromatic heterocycles. The Morgan fingerprint density at radius 2 is 2.00 bits per heavy atom. The van der Waals surface area contributed by atoms with Crippen molar-refractivity contribution in [1.29, 1.82) is 0 Å². The SMILES string of the molecule is COc1ccc(N)c(Sc2cccc(Cl)c2)c1. The molecule has 2 N–H and O–H groups in total. The van der Waals surface area contributed by atoms with E-state index in [2.05, 4.69) is 0 Å². The van der Waals surface area contributed by atoms with Gasteiger partial charge in [0, 0.05) is 20.5 Å². The zero-order chi connectivity index (χ0) is 12.3. The van der Waals surface area contributed by atoms with E-state index in [0.717, 1.165) is 26.3 Å². The predicted octanol–water partition coefficient (Wildman–Crippen LogP) is 4.08. The van der Waals surface area contributed by atoms with Crippen LogP contribution < -0.4 is 10.5 Å². The smallest absolute Gasteiger partial charge is 0.120 e. The molecular weight excluding hydrogens is 254 g/mol. The highest BCUT2D eigenvalue weighted by Crippen LogP contribution is 2.35. The lowest BCUT2D eigenvalue weighted by atomic mass is 10.3. The number of hydrogen-bond acceptors (Lipinski definition) is 3. The third-order valence-corrected chi connectivity index (χ3v) is 3.54. The largest absolute Gasteiger partial charge is 0.497 e. The van der Waals surface area contributed by atoms with Crippen molar-refractivity contribution in [1.82, 2.24) is 0 Å². The number of halogens is 1. The standard InChI is InChI=1S/C13H12ClNOS/c1-16-10-5-6-12(15)13(8-10)17-11-4-2-3-9(14)7-11/h2-8H,15H2,1H3. The molecule has 0 unspecified atom stereocenters. The van der Waals surface area contributed by atoms with Crippen LogP contribution in [0, 0.1) is 0 Å². The summed E-state index contributed by atoms with van der Waals surface area (Å²) in [6.45, 7) is 0. The summed E-state index contributed by atoms with van der Waals surface area (Å²) < 4.78 is 5.18. The van der Waals surface area contributed by atoms with Crippen LogP contribution in [-0.4, -0.2) is 7.11 Å². The molecular formula is C13H12ClNOS. The average Bonchev–Trinajstić information content (AvgIpc) is 2.32. The summed E-state index contributed by atoms with van der Waals surface area (Å²) in [7, 11) is 1.64. The van der Waals surface area contributed by atoms with Gasteiger partial charge < -0.3 is 10.5 Å². The van der Waals surface area contributed by atoms with E-state index < -0.39 is 0 Å². The first-order chi connectivity index (χ1) is 8.19. The molecule has 0 heterocycles. The van der Waals surface area contributed by atoms with Crippen LogP contribution in [0.4, 0.5) is 5.69 Å². The van der Waals surface area contributed by atoms with Crippen LogP contribution in [0.2, 0.25) is 5.02 Å². The van der Waals surface area contributed by atoms with E-state index in [1.54, 1.807) is 18.9 Å². The van der Waals surface area contributed by atoms with Gasteiger partial charge in [0.15, 0.2) is 0 Å². The van der Waals surface area contributed by atoms with Crippen LogP contribution in [0.5, 0.6) is 5.75 Å². The Kier molecular flexibility index (Phi) is 3.82. The molecule has 0 spiro atoms. The molecule has 0 radical (unpaired) electrons. The number of nitrogen functional groups attached to an aromatic ring is 1. The number of ether oxygens (including phenoxy) is 1. The second-order valence-corrected chi connectivity index (χ2v) is 5.01. The van der Waals surface area contributed by atoms with Gasteiger partial charge in [0.1, 0.15) is 5.75 Å². The summed E-state index contributed by atoms with van der Waals surface area (Å²) in [4.78, 5) is 2.02. The molecule has 2 nitrogen and oxygen atoms in total. The molecule has 0 aliphatic rings. The van der Waals surface area contributed by atoms with E-state index in [1.807, 2.05) is 42.5 Å². The second-order valence-electron chi connectivity index (χ2n) is 3.46. The Morgan fingerprint density at radius 1 is 1.18 bits per heavy atom. The summed E-state index contributed by atoms with van der Waals surface area (Å²) in [5, 5.41) is 0.719. The first-order valence-electron chi connectivity index (χ1n) is 5.06. The molecule has 0 fully saturated rings. The number of hydrogen-bond donors (Lipinski definition) is 1. The van der Waals surface area contributed by atoms with Gasteiger partial charge in [0.25, 0.3) is 0 Å². The maximum absolute atomic E-state index is 5.94. The number of benzene rings is 2. The molecule has 88 valence electrons. The highest BCUT2D eigenvalue weighted by molar-refractivity contribution is 7.99. The molecule has 2 aromatic rings. The fraction of sp³-hybridized carbons (Fsp3) is 0.0769. The topological polar surface area (TPSA) is 35.2 Å². The van der Waals surface area contributed by atoms with E-state index in [4.69, 9.17) is 22.1 Å². The Morgan fingerprint density at radius 3 is 2.71 bits per heavy atom. The van der Waals surface area contributed by atoms with Crippen molar-refractivity contribution in [3.8, 4) is 5.75 Å². The first kappa shape index (κ1) is 12.1. The fourth-order valence-electron chi connectivity index (χ4n) is 1.39. The van der Waals surface area contributed by atoms with E-state index in [9.17, 15) is 0 Å². The van der Waals surface area contributed by atoms with Crippen LogP contribution in [0.15, 0.2) is 52.3 Å². The molecule has 0 aliphatic carbocycles. The summed E-state index contributed by atoms with van der Waals surface area (Å²) in [6.07, 6.45) is 0. The number of rotatable bonds is 3. The Labute approximate surface area is 110 Å². The highest BCUT2D eigenvalue weighted by Gasteiger charge is 2.04. The van der Waals surface area contributed by atoms with Gasteiger partial charge in [-0.2, -0.15) is 0 Å². The number of methoxy groups -OCH3 is 1. The van der Waals surface area contributed by atoms with E-state index in [0.29, 0.717) is 0 Å². The monoisotopic (exact) mass is 265 g/mol. The molecule has 0 saturated heterocycles. The lowest BCUT2D eigenvalue weighted by molar-refractivity contribution is 0.414. The normalized spacial score (nSPS) is 10.2. The van der Waals surface area contributed by atoms with Gasteiger partial charge in [-0.1, -0.05) is 29.4 Å². The van der Waals surface area contributed by atoms with E-state index >= 15 is 0 Å². The highest BCUT2D eigenvalue weighted by atomic mass is 35.5. The molecule has 0 bridgehead atoms. The lowest BCUT2D eigenvalue weighted by Crippen LogP contribution is -1.90. The molecule has 2 aromatic carbocycles. The van der Waals surface area contributed by atoms with Crippen LogP contribution in [0.3, 0.4) is 0 Å². The van der Waals surface area contributed by atoms with Crippen molar-refractivity contribution in [3.63, 3.8) is 0 Å². The van der Waals surface area contributed by atoms with Crippen molar-refractivity contribution in [2.75, 3.05) is 12.8 Å². The van der Waals surface area contributed by atoms with Crippen LogP contribution in [-0.2, 0) is 0 Å². The van der Waals surface area contributed by atoms with Crippen molar-refractivity contribution in [2.24, 2.45) is 0 Å². The quantitative estimate of drug-likeness (QED) is 0.850. The fourth-order valence-corrected chi connectivity index (χ4v) is 2.59. The van der Waals surface area contributed by atoms with E-state index in [-0.39, 0.29) is 0 Å². The first-order valence-corrected chi connectivity index (χ1v) is 6.25. The molecule has 0 saturated carbocycles. The summed E-state index contributed by atoms with van der Waals surface area (Å²) >= 11 is 7.51. The third-order valence-electron chi connectivity index (χ3n) is 2.24. The van der Waals surface area contributed by atoms with Gasteiger partial charge in [0.05, 0.1) is 7.11 Å². The third kappa shape index (κ3) is 3.08. The van der Waals surface area contributed by atoms with Crippen molar-refractivity contribution in [3.05, 3.63) is 47.5 Å². The number of anilines is 1. The van der Waals surface area contributed by atoms with Crippen LogP contribution >= 0.6 is 23.4 Å². The van der Waals surface area contributed by atoms with Gasteiger partial charge in [-0.15, -0.1) is 0 Å². The minimum atomic E-state index is 0.719. The van der Waals surface area contributed by atoms with Gasteiger partial charge in [0.2, 0.25) is 0 Å². The molecule has 2 rings (SSSR count). The lowest BCUT2D eigenvalue weighted by Gasteiger charge is -2.08. The van der Waals surface area contributed by atoms with Crippen LogP contribution in [0.1, 0.15) is 0 Å². The molecule has 4 heteroatoms. The van der Waals surface area contributed by atoms with Gasteiger partial charge in [-0.05, 0) is 36.4 Å². The van der Waals surface area contributed by atoms with Gasteiger partial charge >= 0.3 is 0 Å². The molecule has 0 amide bonds. The van der Waals surface area contributed by atoms with Crippen molar-refractivity contribution >= 4 is 29.1 Å². The Balaban J connectivity index is 2.29. The average molecular weight is 266 g/mol. The Bertz CT molecular complexity index is 531. The Hall–Kier alpha value is -1.32. The predicted molar refractivity (Wildman–Crippen MR) is 73.0 cm³/mol. The zero-order valence-corrected chi connectivity index (χ0v) is 10.9. The minimum absolute atomic E-state index is 0.719. The maximum atomic E-state index is 5.94. The molecule has 0 aliphatic heterocycles. The number of nitrogens with two attached hydrogens (primary N) is 1. The summed E-state index contributed by atoms with van der Waals surface area (Å²) in [5.74, 6) is 0.795. The maximum Gasteiger partial charge on any atom is 0.120 e. The summed E-state index contributed by atoms with van der Waals surface area (Å²) in [6, 6.07) is 13.3. The van der Waals surface area contributed by atoms with Gasteiger partial charge in [-0.3, -0.25) is 0 Å². The summed E-state index contributed by atoms with van der Waals surface area (Å²) in [5.41, 5.74) is 6.65. The van der Waals surface area contributed by atoms with Crippen LogP contribution in [0.25, 0.3) is 0 Å². The van der Waals surface area contributed by atoms with Gasteiger partial charge in [-0.25, -0.2) is 0 Å². The minimum Gasteiger partial charge on any atom is -0.497 e.